The average molecular weight is 451 g/mol. The number of aryl methyl sites for hydroxylation is 1. The summed E-state index contributed by atoms with van der Waals surface area (Å²) in [6, 6.07) is 18.1. The molecular weight excluding hydrogens is 420 g/mol. The Kier molecular flexibility index (Phi) is 7.87. The summed E-state index contributed by atoms with van der Waals surface area (Å²) in [4.78, 5) is 21.6. The minimum atomic E-state index is 0.0834. The molecule has 168 valence electrons. The maximum atomic E-state index is 12.3. The highest BCUT2D eigenvalue weighted by molar-refractivity contribution is 7.09. The van der Waals surface area contributed by atoms with Gasteiger partial charge in [-0.3, -0.25) is 14.6 Å². The van der Waals surface area contributed by atoms with Crippen LogP contribution in [0.15, 0.2) is 60.0 Å². The van der Waals surface area contributed by atoms with Crippen LogP contribution in [-0.4, -0.2) is 53.4 Å². The van der Waals surface area contributed by atoms with E-state index < -0.39 is 0 Å². The fourth-order valence-electron chi connectivity index (χ4n) is 3.66. The van der Waals surface area contributed by atoms with Crippen molar-refractivity contribution in [2.24, 2.45) is 0 Å². The van der Waals surface area contributed by atoms with E-state index in [9.17, 15) is 4.79 Å². The summed E-state index contributed by atoms with van der Waals surface area (Å²) in [6.07, 6.45) is 0. The second-order valence-electron chi connectivity index (χ2n) is 8.15. The van der Waals surface area contributed by atoms with Gasteiger partial charge in [0.25, 0.3) is 0 Å². The lowest BCUT2D eigenvalue weighted by atomic mass is 10.2. The van der Waals surface area contributed by atoms with E-state index in [1.165, 1.54) is 5.56 Å². The molecule has 0 spiro atoms. The summed E-state index contributed by atoms with van der Waals surface area (Å²) in [5.74, 6) is 0.955. The largest absolute Gasteiger partial charge is 0.486 e. The molecule has 0 radical (unpaired) electrons. The SMILES string of the molecule is Cc1ccc(OCc2nc(CN3CCN(CC(=O)NCc4ccccc4)CC3)cs2)cc1. The third-order valence-electron chi connectivity index (χ3n) is 5.53. The molecule has 32 heavy (non-hydrogen) atoms. The number of benzene rings is 2. The van der Waals surface area contributed by atoms with E-state index in [0.29, 0.717) is 19.7 Å². The zero-order chi connectivity index (χ0) is 22.2. The maximum Gasteiger partial charge on any atom is 0.234 e. The molecule has 1 aliphatic heterocycles. The zero-order valence-electron chi connectivity index (χ0n) is 18.5. The van der Waals surface area contributed by atoms with Gasteiger partial charge in [0.15, 0.2) is 0 Å². The van der Waals surface area contributed by atoms with Crippen molar-refractivity contribution in [3.8, 4) is 5.75 Å². The Balaban J connectivity index is 1.15. The van der Waals surface area contributed by atoms with E-state index in [1.807, 2.05) is 42.5 Å². The van der Waals surface area contributed by atoms with Crippen LogP contribution in [0.4, 0.5) is 0 Å². The molecule has 1 N–H and O–H groups in total. The number of rotatable bonds is 9. The fourth-order valence-corrected chi connectivity index (χ4v) is 4.35. The summed E-state index contributed by atoms with van der Waals surface area (Å²) in [7, 11) is 0. The molecule has 4 rings (SSSR count). The second-order valence-corrected chi connectivity index (χ2v) is 9.09. The molecule has 1 saturated heterocycles. The van der Waals surface area contributed by atoms with Gasteiger partial charge in [0.05, 0.1) is 12.2 Å². The summed E-state index contributed by atoms with van der Waals surface area (Å²) in [5, 5.41) is 6.13. The minimum Gasteiger partial charge on any atom is -0.486 e. The molecule has 1 aromatic heterocycles. The minimum absolute atomic E-state index is 0.0834. The standard InChI is InChI=1S/C25H30N4O2S/c1-20-7-9-23(10-8-20)31-18-25-27-22(19-32-25)16-28-11-13-29(14-12-28)17-24(30)26-15-21-5-3-2-4-6-21/h2-10,19H,11-18H2,1H3,(H,26,30). The van der Waals surface area contributed by atoms with Crippen LogP contribution in [0.5, 0.6) is 5.75 Å². The van der Waals surface area contributed by atoms with Gasteiger partial charge < -0.3 is 10.1 Å². The van der Waals surface area contributed by atoms with Crippen LogP contribution in [0.3, 0.4) is 0 Å². The van der Waals surface area contributed by atoms with Crippen molar-refractivity contribution in [1.29, 1.82) is 0 Å². The van der Waals surface area contributed by atoms with E-state index in [0.717, 1.165) is 54.7 Å². The van der Waals surface area contributed by atoms with Crippen molar-refractivity contribution in [2.45, 2.75) is 26.6 Å². The van der Waals surface area contributed by atoms with E-state index in [2.05, 4.69) is 39.6 Å². The molecule has 0 aliphatic carbocycles. The molecule has 1 amide bonds. The molecular formula is C25H30N4O2S. The first-order valence-electron chi connectivity index (χ1n) is 11.0. The summed E-state index contributed by atoms with van der Waals surface area (Å²) in [5.41, 5.74) is 3.44. The van der Waals surface area contributed by atoms with Gasteiger partial charge >= 0.3 is 0 Å². The fraction of sp³-hybridized carbons (Fsp3) is 0.360. The molecule has 2 aromatic carbocycles. The van der Waals surface area contributed by atoms with Crippen molar-refractivity contribution in [3.63, 3.8) is 0 Å². The molecule has 7 heteroatoms. The molecule has 0 atom stereocenters. The number of nitrogens with zero attached hydrogens (tertiary/aromatic N) is 3. The number of carbonyl (C=O) groups excluding carboxylic acids is 1. The Bertz CT molecular complexity index is 983. The number of hydrogen-bond donors (Lipinski definition) is 1. The number of nitrogens with one attached hydrogen (secondary N) is 1. The molecule has 0 unspecified atom stereocenters. The molecule has 2 heterocycles. The third-order valence-corrected chi connectivity index (χ3v) is 6.40. The van der Waals surface area contributed by atoms with Gasteiger partial charge in [-0.1, -0.05) is 48.0 Å². The zero-order valence-corrected chi connectivity index (χ0v) is 19.3. The molecule has 1 aliphatic rings. The molecule has 0 bridgehead atoms. The quantitative estimate of drug-likeness (QED) is 0.541. The van der Waals surface area contributed by atoms with Crippen LogP contribution in [0.2, 0.25) is 0 Å². The van der Waals surface area contributed by atoms with Crippen molar-refractivity contribution < 1.29 is 9.53 Å². The molecule has 6 nitrogen and oxygen atoms in total. The Labute approximate surface area is 193 Å². The van der Waals surface area contributed by atoms with Crippen LogP contribution in [0, 0.1) is 6.92 Å². The van der Waals surface area contributed by atoms with Gasteiger partial charge in [0, 0.05) is 44.6 Å². The number of amides is 1. The number of piperazine rings is 1. The highest BCUT2D eigenvalue weighted by Gasteiger charge is 2.19. The van der Waals surface area contributed by atoms with Crippen molar-refractivity contribution in [3.05, 3.63) is 81.8 Å². The highest BCUT2D eigenvalue weighted by Crippen LogP contribution is 2.17. The lowest BCUT2D eigenvalue weighted by Crippen LogP contribution is -2.49. The van der Waals surface area contributed by atoms with E-state index in [4.69, 9.17) is 9.72 Å². The Morgan fingerprint density at radius 3 is 2.50 bits per heavy atom. The summed E-state index contributed by atoms with van der Waals surface area (Å²) in [6.45, 7) is 8.12. The first-order valence-corrected chi connectivity index (χ1v) is 11.9. The van der Waals surface area contributed by atoms with Crippen molar-refractivity contribution >= 4 is 17.2 Å². The lowest BCUT2D eigenvalue weighted by Gasteiger charge is -2.33. The summed E-state index contributed by atoms with van der Waals surface area (Å²) < 4.78 is 5.84. The number of carbonyl (C=O) groups is 1. The van der Waals surface area contributed by atoms with Gasteiger partial charge in [0.2, 0.25) is 5.91 Å². The second kappa shape index (κ2) is 11.2. The van der Waals surface area contributed by atoms with Crippen LogP contribution < -0.4 is 10.1 Å². The van der Waals surface area contributed by atoms with E-state index in [-0.39, 0.29) is 5.91 Å². The first-order chi connectivity index (χ1) is 15.6. The van der Waals surface area contributed by atoms with Gasteiger partial charge in [-0.05, 0) is 24.6 Å². The Morgan fingerprint density at radius 1 is 1.03 bits per heavy atom. The monoisotopic (exact) mass is 450 g/mol. The molecule has 1 fully saturated rings. The van der Waals surface area contributed by atoms with Crippen LogP contribution in [-0.2, 0) is 24.5 Å². The van der Waals surface area contributed by atoms with E-state index in [1.54, 1.807) is 11.3 Å². The summed E-state index contributed by atoms with van der Waals surface area (Å²) >= 11 is 1.65. The molecule has 3 aromatic rings. The number of thiazole rings is 1. The van der Waals surface area contributed by atoms with Crippen molar-refractivity contribution in [2.75, 3.05) is 32.7 Å². The van der Waals surface area contributed by atoms with Crippen LogP contribution >= 0.6 is 11.3 Å². The topological polar surface area (TPSA) is 57.7 Å². The predicted molar refractivity (Wildman–Crippen MR) is 128 cm³/mol. The van der Waals surface area contributed by atoms with E-state index >= 15 is 0 Å². The predicted octanol–water partition coefficient (Wildman–Crippen LogP) is 3.46. The van der Waals surface area contributed by atoms with Crippen molar-refractivity contribution in [1.82, 2.24) is 20.1 Å². The van der Waals surface area contributed by atoms with Crippen LogP contribution in [0.1, 0.15) is 21.8 Å². The van der Waals surface area contributed by atoms with Gasteiger partial charge in [-0.2, -0.15) is 0 Å². The van der Waals surface area contributed by atoms with Gasteiger partial charge in [-0.25, -0.2) is 4.98 Å². The lowest BCUT2D eigenvalue weighted by molar-refractivity contribution is -0.122. The Hall–Kier alpha value is -2.74. The number of hydrogen-bond acceptors (Lipinski definition) is 6. The smallest absolute Gasteiger partial charge is 0.234 e. The average Bonchev–Trinajstić information content (AvgIpc) is 3.27. The normalized spacial score (nSPS) is 14.9. The highest BCUT2D eigenvalue weighted by atomic mass is 32.1. The maximum absolute atomic E-state index is 12.3. The van der Waals surface area contributed by atoms with Gasteiger partial charge in [-0.15, -0.1) is 11.3 Å². The van der Waals surface area contributed by atoms with Crippen LogP contribution in [0.25, 0.3) is 0 Å². The van der Waals surface area contributed by atoms with Gasteiger partial charge in [0.1, 0.15) is 17.4 Å². The Morgan fingerprint density at radius 2 is 1.75 bits per heavy atom. The number of aromatic nitrogens is 1. The first kappa shape index (κ1) is 22.5. The third kappa shape index (κ3) is 6.88. The molecule has 0 saturated carbocycles. The number of ether oxygens (including phenoxy) is 1.